The molecule has 0 saturated heterocycles. The van der Waals surface area contributed by atoms with Crippen molar-refractivity contribution in [1.82, 2.24) is 9.13 Å². The number of para-hydroxylation sites is 2. The van der Waals surface area contributed by atoms with E-state index in [2.05, 4.69) is 17.0 Å². The Hall–Kier alpha value is -6.82. The highest BCUT2D eigenvalue weighted by molar-refractivity contribution is 6.12. The van der Waals surface area contributed by atoms with Crippen LogP contribution in [0.1, 0.15) is 22.3 Å². The monoisotopic (exact) mass is 641 g/mol. The third-order valence-corrected chi connectivity index (χ3v) is 9.12. The molecule has 2 heterocycles. The maximum Gasteiger partial charge on any atom is 0.416 e. The molecule has 0 aliphatic carbocycles. The summed E-state index contributed by atoms with van der Waals surface area (Å²) in [6.45, 7) is 9.29. The summed E-state index contributed by atoms with van der Waals surface area (Å²) in [5.74, 6) is 0. The smallest absolute Gasteiger partial charge is 0.309 e. The summed E-state index contributed by atoms with van der Waals surface area (Å²) in [7, 11) is 0. The molecule has 0 N–H and O–H groups in total. The Morgan fingerprint density at radius 2 is 1.16 bits per heavy atom. The topological polar surface area (TPSA) is 61.8 Å². The van der Waals surface area contributed by atoms with Crippen molar-refractivity contribution in [2.24, 2.45) is 0 Å². The zero-order valence-corrected chi connectivity index (χ0v) is 25.8. The van der Waals surface area contributed by atoms with Gasteiger partial charge in [0.25, 0.3) is 0 Å². The fourth-order valence-electron chi connectivity index (χ4n) is 7.02. The van der Waals surface area contributed by atoms with Crippen molar-refractivity contribution in [3.63, 3.8) is 0 Å². The fraction of sp³-hybridized carbons (Fsp3) is 0.0488. The average Bonchev–Trinajstić information content (AvgIpc) is 3.62. The van der Waals surface area contributed by atoms with Crippen LogP contribution in [0.4, 0.5) is 18.9 Å². The van der Waals surface area contributed by atoms with Crippen LogP contribution in [0.2, 0.25) is 0 Å². The van der Waals surface area contributed by atoms with Crippen LogP contribution in [-0.2, 0) is 6.18 Å². The van der Waals surface area contributed by atoms with Gasteiger partial charge < -0.3 is 9.13 Å². The Morgan fingerprint density at radius 3 is 1.71 bits per heavy atom. The average molecular weight is 642 g/mol. The summed E-state index contributed by atoms with van der Waals surface area (Å²) in [6, 6.07) is 38.2. The first-order valence-electron chi connectivity index (χ1n) is 15.3. The maximum absolute atomic E-state index is 13.9. The molecule has 0 spiro atoms. The van der Waals surface area contributed by atoms with Crippen molar-refractivity contribution >= 4 is 49.3 Å². The number of hydrogen-bond donors (Lipinski definition) is 0. The third kappa shape index (κ3) is 4.53. The highest BCUT2D eigenvalue weighted by Gasteiger charge is 2.31. The molecular formula is C41H22F3N5. The van der Waals surface area contributed by atoms with Gasteiger partial charge in [-0.05, 0) is 90.2 Å². The van der Waals surface area contributed by atoms with Crippen molar-refractivity contribution in [2.45, 2.75) is 13.1 Å². The van der Waals surface area contributed by atoms with Gasteiger partial charge in [-0.15, -0.1) is 0 Å². The lowest BCUT2D eigenvalue weighted by molar-refractivity contribution is -0.137. The highest BCUT2D eigenvalue weighted by atomic mass is 19.4. The van der Waals surface area contributed by atoms with Crippen LogP contribution in [0.3, 0.4) is 0 Å². The minimum Gasteiger partial charge on any atom is -0.309 e. The van der Waals surface area contributed by atoms with Gasteiger partial charge in [0.2, 0.25) is 0 Å². The van der Waals surface area contributed by atoms with Gasteiger partial charge in [0.05, 0.1) is 68.8 Å². The molecule has 0 amide bonds. The molecule has 0 radical (unpaired) electrons. The van der Waals surface area contributed by atoms with Gasteiger partial charge in [-0.25, -0.2) is 4.85 Å². The van der Waals surface area contributed by atoms with Crippen molar-refractivity contribution in [3.05, 3.63) is 149 Å². The Morgan fingerprint density at radius 1 is 0.612 bits per heavy atom. The first kappa shape index (κ1) is 29.6. The van der Waals surface area contributed by atoms with Crippen molar-refractivity contribution in [1.29, 1.82) is 10.5 Å². The van der Waals surface area contributed by atoms with Crippen molar-refractivity contribution in [2.75, 3.05) is 0 Å². The van der Waals surface area contributed by atoms with Crippen LogP contribution in [0.5, 0.6) is 0 Å². The van der Waals surface area contributed by atoms with Crippen LogP contribution in [0.15, 0.2) is 115 Å². The molecule has 0 bridgehead atoms. The summed E-state index contributed by atoms with van der Waals surface area (Å²) < 4.78 is 45.9. The third-order valence-electron chi connectivity index (χ3n) is 9.12. The number of fused-ring (bicyclic) bond motifs is 6. The predicted molar refractivity (Wildman–Crippen MR) is 186 cm³/mol. The van der Waals surface area contributed by atoms with Gasteiger partial charge in [0.15, 0.2) is 5.69 Å². The van der Waals surface area contributed by atoms with Crippen molar-refractivity contribution < 1.29 is 13.2 Å². The molecule has 8 rings (SSSR count). The Balaban J connectivity index is 1.59. The summed E-state index contributed by atoms with van der Waals surface area (Å²) in [6.07, 6.45) is -4.53. The minimum absolute atomic E-state index is 0.349. The number of alkyl halides is 3. The second kappa shape index (κ2) is 10.9. The Bertz CT molecular complexity index is 2660. The summed E-state index contributed by atoms with van der Waals surface area (Å²) >= 11 is 0. The van der Waals surface area contributed by atoms with Crippen molar-refractivity contribution in [3.8, 4) is 34.6 Å². The SMILES string of the molecule is [C-]#[N+]c1ccc2c(c1)c1ccccc1n2-c1cc(C#N)cc(-n2c3ccccc3c3cc(C#N)ccc32)c1-c1ccc(C(F)(F)F)cc1C. The number of nitriles is 2. The molecule has 2 aromatic heterocycles. The first-order chi connectivity index (χ1) is 23.7. The first-order valence-corrected chi connectivity index (χ1v) is 15.3. The fourth-order valence-corrected chi connectivity index (χ4v) is 7.02. The van der Waals surface area contributed by atoms with E-state index in [1.165, 1.54) is 6.07 Å². The normalized spacial score (nSPS) is 11.6. The van der Waals surface area contributed by atoms with E-state index in [1.807, 2.05) is 81.9 Å². The van der Waals surface area contributed by atoms with Gasteiger partial charge in [-0.1, -0.05) is 48.5 Å². The Labute approximate surface area is 278 Å². The predicted octanol–water partition coefficient (Wildman–Crippen LogP) is 11.2. The number of aromatic nitrogens is 2. The van der Waals surface area contributed by atoms with E-state index in [-0.39, 0.29) is 0 Å². The number of rotatable bonds is 3. The summed E-state index contributed by atoms with van der Waals surface area (Å²) in [5, 5.41) is 23.6. The lowest BCUT2D eigenvalue weighted by Crippen LogP contribution is -2.08. The number of benzene rings is 6. The van der Waals surface area contributed by atoms with Gasteiger partial charge in [-0.2, -0.15) is 23.7 Å². The van der Waals surface area contributed by atoms with E-state index in [1.54, 1.807) is 31.2 Å². The van der Waals surface area contributed by atoms with E-state index >= 15 is 0 Å². The quantitative estimate of drug-likeness (QED) is 0.180. The molecule has 0 fully saturated rings. The number of hydrogen-bond acceptors (Lipinski definition) is 2. The van der Waals surface area contributed by atoms with Gasteiger partial charge >= 0.3 is 6.18 Å². The zero-order chi connectivity index (χ0) is 34.0. The molecule has 0 aliphatic heterocycles. The molecular weight excluding hydrogens is 619 g/mol. The molecule has 8 aromatic rings. The number of halogens is 3. The van der Waals surface area contributed by atoms with Crippen LogP contribution < -0.4 is 0 Å². The maximum atomic E-state index is 13.9. The number of aryl methyl sites for hydroxylation is 1. The van der Waals surface area contributed by atoms with Gasteiger partial charge in [0.1, 0.15) is 0 Å². The van der Waals surface area contributed by atoms with Gasteiger partial charge in [-0.3, -0.25) is 0 Å². The molecule has 6 aromatic carbocycles. The Kier molecular flexibility index (Phi) is 6.56. The van der Waals surface area contributed by atoms with E-state index in [4.69, 9.17) is 6.57 Å². The molecule has 49 heavy (non-hydrogen) atoms. The lowest BCUT2D eigenvalue weighted by Gasteiger charge is -2.22. The molecule has 232 valence electrons. The van der Waals surface area contributed by atoms with E-state index in [0.29, 0.717) is 44.9 Å². The van der Waals surface area contributed by atoms with E-state index in [0.717, 1.165) is 55.7 Å². The van der Waals surface area contributed by atoms with Crippen LogP contribution in [-0.4, -0.2) is 9.13 Å². The summed E-state index contributed by atoms with van der Waals surface area (Å²) in [5.41, 5.74) is 6.51. The largest absolute Gasteiger partial charge is 0.416 e. The van der Waals surface area contributed by atoms with E-state index < -0.39 is 11.7 Å². The second-order valence-electron chi connectivity index (χ2n) is 11.9. The standard InChI is InChI=1S/C41H22F3N5/c1-24-17-27(41(42,43)44)12-14-29(24)40-38(48-34-9-5-3-7-30(34)32-18-25(22-45)11-15-36(32)48)19-26(23-46)20-39(40)49-35-10-6-4-8-31(35)33-21-28(47-2)13-16-37(33)49/h3-21H,1H3. The molecule has 8 heteroatoms. The number of nitrogens with zero attached hydrogens (tertiary/aromatic N) is 5. The molecule has 5 nitrogen and oxygen atoms in total. The summed E-state index contributed by atoms with van der Waals surface area (Å²) in [4.78, 5) is 3.64. The van der Waals surface area contributed by atoms with Crippen LogP contribution >= 0.6 is 0 Å². The molecule has 0 saturated carbocycles. The minimum atomic E-state index is -4.53. The van der Waals surface area contributed by atoms with Gasteiger partial charge in [0, 0.05) is 21.7 Å². The van der Waals surface area contributed by atoms with Crippen LogP contribution in [0.25, 0.3) is 71.0 Å². The zero-order valence-electron chi connectivity index (χ0n) is 25.8. The molecule has 0 aliphatic rings. The lowest BCUT2D eigenvalue weighted by atomic mass is 9.93. The van der Waals surface area contributed by atoms with E-state index in [9.17, 15) is 23.7 Å². The van der Waals surface area contributed by atoms with Crippen LogP contribution in [0, 0.1) is 36.2 Å². The second-order valence-corrected chi connectivity index (χ2v) is 11.9. The highest BCUT2D eigenvalue weighted by Crippen LogP contribution is 2.45. The molecule has 0 atom stereocenters. The molecule has 0 unspecified atom stereocenters.